The van der Waals surface area contributed by atoms with E-state index in [4.69, 9.17) is 0 Å². The van der Waals surface area contributed by atoms with Crippen LogP contribution in [0.1, 0.15) is 24.8 Å². The Bertz CT molecular complexity index is 447. The molecule has 0 fully saturated rings. The molecule has 1 aliphatic heterocycles. The number of nitrogens with one attached hydrogen (secondary N) is 2. The fourth-order valence-corrected chi connectivity index (χ4v) is 4.02. The normalized spacial score (nSPS) is 16.3. The number of fused-ring (bicyclic) bond motifs is 1. The van der Waals surface area contributed by atoms with E-state index in [1.54, 1.807) is 23.1 Å². The number of hydrogen-bond donors (Lipinski definition) is 2. The summed E-state index contributed by atoms with van der Waals surface area (Å²) in [5.74, 6) is 0.641. The van der Waals surface area contributed by atoms with Gasteiger partial charge in [-0.1, -0.05) is 6.92 Å². The van der Waals surface area contributed by atoms with E-state index >= 15 is 0 Å². The molecule has 0 aliphatic carbocycles. The van der Waals surface area contributed by atoms with Crippen molar-refractivity contribution < 1.29 is 4.79 Å². The van der Waals surface area contributed by atoms with Gasteiger partial charge in [0, 0.05) is 24.0 Å². The van der Waals surface area contributed by atoms with E-state index in [2.05, 4.69) is 42.5 Å². The maximum Gasteiger partial charge on any atom is 0.234 e. The Morgan fingerprint density at radius 2 is 2.37 bits per heavy atom. The minimum Gasteiger partial charge on any atom is -0.324 e. The van der Waals surface area contributed by atoms with Crippen LogP contribution in [0.25, 0.3) is 0 Å². The number of thioether (sulfide) groups is 1. The van der Waals surface area contributed by atoms with Crippen molar-refractivity contribution >= 4 is 34.7 Å². The van der Waals surface area contributed by atoms with Gasteiger partial charge in [0.15, 0.2) is 0 Å². The van der Waals surface area contributed by atoms with E-state index in [1.807, 2.05) is 0 Å². The van der Waals surface area contributed by atoms with Gasteiger partial charge < -0.3 is 15.5 Å². The van der Waals surface area contributed by atoms with E-state index in [0.29, 0.717) is 11.8 Å². The van der Waals surface area contributed by atoms with E-state index in [0.717, 1.165) is 25.3 Å². The minimum absolute atomic E-state index is 0.104. The minimum atomic E-state index is 0.104. The third-order valence-electron chi connectivity index (χ3n) is 3.24. The van der Waals surface area contributed by atoms with Crippen molar-refractivity contribution in [1.82, 2.24) is 10.2 Å². The van der Waals surface area contributed by atoms with Crippen LogP contribution >= 0.6 is 23.1 Å². The molecule has 19 heavy (non-hydrogen) atoms. The highest BCUT2D eigenvalue weighted by Crippen LogP contribution is 2.40. The lowest BCUT2D eigenvalue weighted by atomic mass is 10.2. The van der Waals surface area contributed by atoms with Gasteiger partial charge in [-0.05, 0) is 26.6 Å². The first-order valence-corrected chi connectivity index (χ1v) is 8.38. The smallest absolute Gasteiger partial charge is 0.234 e. The molecular weight excluding hydrogens is 278 g/mol. The van der Waals surface area contributed by atoms with E-state index in [1.165, 1.54) is 9.09 Å². The third kappa shape index (κ3) is 3.95. The van der Waals surface area contributed by atoms with Crippen molar-refractivity contribution in [3.8, 4) is 0 Å². The monoisotopic (exact) mass is 299 g/mol. The number of carbonyl (C=O) groups excluding carboxylic acids is 1. The number of amides is 1. The second-order valence-electron chi connectivity index (χ2n) is 4.76. The van der Waals surface area contributed by atoms with E-state index < -0.39 is 0 Å². The maximum absolute atomic E-state index is 11.3. The van der Waals surface area contributed by atoms with Crippen molar-refractivity contribution in [3.63, 3.8) is 0 Å². The second-order valence-corrected chi connectivity index (χ2v) is 7.09. The summed E-state index contributed by atoms with van der Waals surface area (Å²) in [4.78, 5) is 14.9. The Hall–Kier alpha value is -0.560. The summed E-state index contributed by atoms with van der Waals surface area (Å²) in [6.45, 7) is 7.45. The van der Waals surface area contributed by atoms with Crippen molar-refractivity contribution in [2.75, 3.05) is 37.8 Å². The van der Waals surface area contributed by atoms with Gasteiger partial charge in [-0.25, -0.2) is 0 Å². The zero-order valence-electron chi connectivity index (χ0n) is 11.7. The first-order valence-electron chi connectivity index (χ1n) is 6.58. The molecule has 0 spiro atoms. The number of thiophene rings is 1. The summed E-state index contributed by atoms with van der Waals surface area (Å²) < 4.78 is 1.23. The highest BCUT2D eigenvalue weighted by molar-refractivity contribution is 8.02. The van der Waals surface area contributed by atoms with Crippen molar-refractivity contribution in [1.29, 1.82) is 0 Å². The Morgan fingerprint density at radius 1 is 1.58 bits per heavy atom. The molecule has 0 saturated carbocycles. The zero-order valence-corrected chi connectivity index (χ0v) is 13.3. The number of nitrogens with zero attached hydrogens (tertiary/aromatic N) is 1. The average Bonchev–Trinajstić information content (AvgIpc) is 2.81. The largest absolute Gasteiger partial charge is 0.324 e. The molecule has 0 bridgehead atoms. The molecule has 106 valence electrons. The lowest BCUT2D eigenvalue weighted by Crippen LogP contribution is -2.30. The first-order chi connectivity index (χ1) is 9.10. The molecule has 4 nitrogen and oxygen atoms in total. The van der Waals surface area contributed by atoms with E-state index in [-0.39, 0.29) is 5.91 Å². The fourth-order valence-electron chi connectivity index (χ4n) is 1.85. The Morgan fingerprint density at radius 3 is 3.11 bits per heavy atom. The summed E-state index contributed by atoms with van der Waals surface area (Å²) in [7, 11) is 2.13. The summed E-state index contributed by atoms with van der Waals surface area (Å²) in [6, 6.07) is 2.43. The summed E-state index contributed by atoms with van der Waals surface area (Å²) in [5, 5.41) is 6.46. The van der Waals surface area contributed by atoms with Gasteiger partial charge in [0.25, 0.3) is 0 Å². The molecule has 0 aromatic carbocycles. The van der Waals surface area contributed by atoms with Gasteiger partial charge in [-0.3, -0.25) is 4.79 Å². The molecule has 1 amide bonds. The highest BCUT2D eigenvalue weighted by Gasteiger charge is 2.20. The lowest BCUT2D eigenvalue weighted by molar-refractivity contribution is -0.113. The highest BCUT2D eigenvalue weighted by atomic mass is 32.2. The summed E-state index contributed by atoms with van der Waals surface area (Å²) in [5.41, 5.74) is 0.987. The molecule has 1 aromatic rings. The van der Waals surface area contributed by atoms with Crippen LogP contribution in [0.15, 0.2) is 10.3 Å². The Kier molecular flexibility index (Phi) is 5.27. The van der Waals surface area contributed by atoms with Crippen LogP contribution in [-0.2, 0) is 4.79 Å². The zero-order chi connectivity index (χ0) is 13.8. The van der Waals surface area contributed by atoms with Crippen LogP contribution < -0.4 is 10.6 Å². The van der Waals surface area contributed by atoms with Crippen molar-refractivity contribution in [2.24, 2.45) is 0 Å². The molecule has 6 heteroatoms. The average molecular weight is 299 g/mol. The second kappa shape index (κ2) is 6.74. The Balaban J connectivity index is 1.89. The number of likely N-dealkylation sites (N-methyl/N-ethyl adjacent to an activating group) is 1. The third-order valence-corrected chi connectivity index (χ3v) is 5.84. The molecule has 0 radical (unpaired) electrons. The van der Waals surface area contributed by atoms with Gasteiger partial charge in [0.05, 0.1) is 15.6 Å². The van der Waals surface area contributed by atoms with Crippen LogP contribution in [0.5, 0.6) is 0 Å². The molecule has 2 rings (SSSR count). The van der Waals surface area contributed by atoms with Gasteiger partial charge in [0.2, 0.25) is 5.91 Å². The SMILES string of the molecule is CCN(C)CCNC(C)c1cc2c(s1)SCC(=O)N2. The van der Waals surface area contributed by atoms with Gasteiger partial charge >= 0.3 is 0 Å². The maximum atomic E-state index is 11.3. The molecule has 1 aromatic heterocycles. The number of carbonyl (C=O) groups is 1. The molecule has 2 N–H and O–H groups in total. The summed E-state index contributed by atoms with van der Waals surface area (Å²) >= 11 is 3.42. The molecule has 1 unspecified atom stereocenters. The molecule has 1 atom stereocenters. The molecular formula is C13H21N3OS2. The van der Waals surface area contributed by atoms with Gasteiger partial charge in [-0.2, -0.15) is 0 Å². The topological polar surface area (TPSA) is 44.4 Å². The number of hydrogen-bond acceptors (Lipinski definition) is 5. The van der Waals surface area contributed by atoms with Crippen LogP contribution in [0, 0.1) is 0 Å². The number of rotatable bonds is 6. The predicted octanol–water partition coefficient (Wildman–Crippen LogP) is 2.39. The Labute approximate surface area is 122 Å². The molecule has 0 saturated heterocycles. The van der Waals surface area contributed by atoms with Crippen LogP contribution in [0.4, 0.5) is 5.69 Å². The van der Waals surface area contributed by atoms with Gasteiger partial charge in [-0.15, -0.1) is 23.1 Å². The standard InChI is InChI=1S/C13H21N3OS2/c1-4-16(3)6-5-14-9(2)11-7-10-13(19-11)18-8-12(17)15-10/h7,9,14H,4-6,8H2,1-3H3,(H,15,17). The number of anilines is 1. The van der Waals surface area contributed by atoms with Crippen molar-refractivity contribution in [3.05, 3.63) is 10.9 Å². The van der Waals surface area contributed by atoms with Crippen LogP contribution in [-0.4, -0.2) is 43.2 Å². The first kappa shape index (κ1) is 14.8. The summed E-state index contributed by atoms with van der Waals surface area (Å²) in [6.07, 6.45) is 0. The quantitative estimate of drug-likeness (QED) is 0.846. The van der Waals surface area contributed by atoms with Crippen molar-refractivity contribution in [2.45, 2.75) is 24.1 Å². The molecule has 2 heterocycles. The lowest BCUT2D eigenvalue weighted by Gasteiger charge is -2.17. The van der Waals surface area contributed by atoms with E-state index in [9.17, 15) is 4.79 Å². The van der Waals surface area contributed by atoms with Crippen LogP contribution in [0.2, 0.25) is 0 Å². The predicted molar refractivity (Wildman–Crippen MR) is 83.3 cm³/mol. The van der Waals surface area contributed by atoms with Gasteiger partial charge in [0.1, 0.15) is 0 Å². The van der Waals surface area contributed by atoms with Crippen LogP contribution in [0.3, 0.4) is 0 Å². The fraction of sp³-hybridized carbons (Fsp3) is 0.615. The molecule has 1 aliphatic rings.